The lowest BCUT2D eigenvalue weighted by Gasteiger charge is -2.30. The molecule has 0 amide bonds. The molecule has 0 saturated carbocycles. The number of benzene rings is 1. The Morgan fingerprint density at radius 1 is 1.37 bits per heavy atom. The minimum absolute atomic E-state index is 0.137. The lowest BCUT2D eigenvalue weighted by atomic mass is 10.2. The predicted molar refractivity (Wildman–Crippen MR) is 67.8 cm³/mol. The van der Waals surface area contributed by atoms with Gasteiger partial charge in [-0.15, -0.1) is 0 Å². The average Bonchev–Trinajstić information content (AvgIpc) is 2.85. The predicted octanol–water partition coefficient (Wildman–Crippen LogP) is 0.446. The van der Waals surface area contributed by atoms with Gasteiger partial charge in [-0.05, 0) is 12.1 Å². The molecule has 1 fully saturated rings. The third kappa shape index (κ3) is 2.18. The number of aromatic amines is 1. The molecule has 1 aromatic carbocycles. The molecule has 7 nitrogen and oxygen atoms in total. The van der Waals surface area contributed by atoms with Gasteiger partial charge in [-0.25, -0.2) is 4.98 Å². The zero-order valence-corrected chi connectivity index (χ0v) is 10.8. The molecule has 2 aromatic rings. The number of hydrogen-bond donors (Lipinski definition) is 2. The number of nitrogens with one attached hydrogen (secondary N) is 1. The van der Waals surface area contributed by atoms with Crippen LogP contribution in [0.25, 0.3) is 11.0 Å². The van der Waals surface area contributed by atoms with Gasteiger partial charge in [0, 0.05) is 13.1 Å². The summed E-state index contributed by atoms with van der Waals surface area (Å²) < 4.78 is 37.6. The van der Waals surface area contributed by atoms with Crippen molar-refractivity contribution in [2.75, 3.05) is 31.2 Å². The summed E-state index contributed by atoms with van der Waals surface area (Å²) in [6.45, 7) is 2.12. The lowest BCUT2D eigenvalue weighted by molar-refractivity contribution is 0.122. The number of rotatable bonds is 2. The number of imidazole rings is 1. The molecule has 0 atom stereocenters. The van der Waals surface area contributed by atoms with Crippen molar-refractivity contribution >= 4 is 26.8 Å². The molecule has 0 bridgehead atoms. The van der Waals surface area contributed by atoms with Gasteiger partial charge in [0.15, 0.2) is 6.33 Å². The summed E-state index contributed by atoms with van der Waals surface area (Å²) >= 11 is 0. The van der Waals surface area contributed by atoms with Crippen LogP contribution in [0.5, 0.6) is 0 Å². The number of fused-ring (bicyclic) bond motifs is 1. The highest BCUT2D eigenvalue weighted by Crippen LogP contribution is 2.32. The topological polar surface area (TPSA) is 95.5 Å². The summed E-state index contributed by atoms with van der Waals surface area (Å²) in [5, 5.41) is 0. The van der Waals surface area contributed by atoms with Crippen LogP contribution in [0, 0.1) is 6.33 Å². The fourth-order valence-electron chi connectivity index (χ4n) is 2.22. The van der Waals surface area contributed by atoms with Crippen LogP contribution in [0.3, 0.4) is 0 Å². The second kappa shape index (κ2) is 4.48. The molecule has 0 unspecified atom stereocenters. The standard InChI is InChI=1S/C11H12N3O4S/c15-19(16,17)9-2-1-8-10(13-7-12-8)11(9)14-3-5-18-6-4-14/h1-2H,3-6H2,(H,12,13)(H,15,16,17). The normalized spacial score (nSPS) is 17.0. The van der Waals surface area contributed by atoms with Gasteiger partial charge in [0.1, 0.15) is 10.4 Å². The van der Waals surface area contributed by atoms with Crippen molar-refractivity contribution in [2.24, 2.45) is 0 Å². The third-order valence-corrected chi connectivity index (χ3v) is 3.96. The molecule has 1 aliphatic rings. The molecule has 2 heterocycles. The van der Waals surface area contributed by atoms with Crippen LogP contribution >= 0.6 is 0 Å². The molecule has 3 rings (SSSR count). The van der Waals surface area contributed by atoms with Gasteiger partial charge in [-0.2, -0.15) is 8.42 Å². The van der Waals surface area contributed by atoms with Crippen molar-refractivity contribution in [3.05, 3.63) is 18.5 Å². The zero-order valence-electron chi connectivity index (χ0n) is 9.96. The highest BCUT2D eigenvalue weighted by molar-refractivity contribution is 7.86. The monoisotopic (exact) mass is 282 g/mol. The number of ether oxygens (including phenoxy) is 1. The maximum Gasteiger partial charge on any atom is 0.296 e. The van der Waals surface area contributed by atoms with Gasteiger partial charge < -0.3 is 14.6 Å². The Balaban J connectivity index is 2.25. The van der Waals surface area contributed by atoms with Gasteiger partial charge in [-0.1, -0.05) is 0 Å². The second-order valence-electron chi connectivity index (χ2n) is 4.23. The van der Waals surface area contributed by atoms with E-state index in [1.807, 2.05) is 4.90 Å². The Morgan fingerprint density at radius 2 is 2.11 bits per heavy atom. The molecule has 2 N–H and O–H groups in total. The van der Waals surface area contributed by atoms with Gasteiger partial charge in [0.2, 0.25) is 0 Å². The number of anilines is 1. The SMILES string of the molecule is O=S(=O)(O)c1ccc2[nH][c]nc2c1N1CCOCC1. The second-order valence-corrected chi connectivity index (χ2v) is 5.62. The van der Waals surface area contributed by atoms with E-state index >= 15 is 0 Å². The van der Waals surface area contributed by atoms with Crippen molar-refractivity contribution in [3.8, 4) is 0 Å². The Labute approximate surface area is 109 Å². The molecule has 1 radical (unpaired) electrons. The van der Waals surface area contributed by atoms with E-state index in [1.165, 1.54) is 6.07 Å². The first-order valence-electron chi connectivity index (χ1n) is 5.76. The number of morpholine rings is 1. The van der Waals surface area contributed by atoms with E-state index < -0.39 is 10.1 Å². The van der Waals surface area contributed by atoms with E-state index in [2.05, 4.69) is 16.3 Å². The van der Waals surface area contributed by atoms with E-state index in [4.69, 9.17) is 4.74 Å². The van der Waals surface area contributed by atoms with Crippen LogP contribution in [0.15, 0.2) is 17.0 Å². The van der Waals surface area contributed by atoms with Crippen LogP contribution in [-0.4, -0.2) is 49.2 Å². The number of aromatic nitrogens is 2. The minimum Gasteiger partial charge on any atom is -0.378 e. The zero-order chi connectivity index (χ0) is 13.5. The highest BCUT2D eigenvalue weighted by Gasteiger charge is 2.25. The number of nitrogens with zero attached hydrogens (tertiary/aromatic N) is 2. The van der Waals surface area contributed by atoms with E-state index in [0.29, 0.717) is 43.0 Å². The van der Waals surface area contributed by atoms with E-state index in [-0.39, 0.29) is 4.90 Å². The molecule has 1 saturated heterocycles. The Bertz CT molecular complexity index is 704. The highest BCUT2D eigenvalue weighted by atomic mass is 32.2. The van der Waals surface area contributed by atoms with Crippen LogP contribution in [-0.2, 0) is 14.9 Å². The fourth-order valence-corrected chi connectivity index (χ4v) is 2.93. The van der Waals surface area contributed by atoms with Crippen LogP contribution in [0.4, 0.5) is 5.69 Å². The van der Waals surface area contributed by atoms with Gasteiger partial charge >= 0.3 is 0 Å². The summed E-state index contributed by atoms with van der Waals surface area (Å²) in [5.74, 6) is 0. The van der Waals surface area contributed by atoms with E-state index in [0.717, 1.165) is 0 Å². The summed E-state index contributed by atoms with van der Waals surface area (Å²) in [7, 11) is -4.30. The Kier molecular flexibility index (Phi) is 2.92. The first kappa shape index (κ1) is 12.4. The van der Waals surface area contributed by atoms with Gasteiger partial charge in [-0.3, -0.25) is 4.55 Å². The Hall–Kier alpha value is -1.64. The molecular formula is C11H12N3O4S. The molecule has 0 aliphatic carbocycles. The van der Waals surface area contributed by atoms with Crippen molar-refractivity contribution in [3.63, 3.8) is 0 Å². The van der Waals surface area contributed by atoms with E-state index in [1.54, 1.807) is 6.07 Å². The van der Waals surface area contributed by atoms with Crippen molar-refractivity contribution < 1.29 is 17.7 Å². The van der Waals surface area contributed by atoms with Crippen molar-refractivity contribution in [1.82, 2.24) is 9.97 Å². The molecule has 101 valence electrons. The summed E-state index contributed by atoms with van der Waals surface area (Å²) in [4.78, 5) is 8.55. The smallest absolute Gasteiger partial charge is 0.296 e. The fraction of sp³-hybridized carbons (Fsp3) is 0.364. The first-order chi connectivity index (χ1) is 9.07. The average molecular weight is 282 g/mol. The molecule has 19 heavy (non-hydrogen) atoms. The van der Waals surface area contributed by atoms with Crippen molar-refractivity contribution in [1.29, 1.82) is 0 Å². The molecule has 1 aliphatic heterocycles. The van der Waals surface area contributed by atoms with Crippen molar-refractivity contribution in [2.45, 2.75) is 4.90 Å². The van der Waals surface area contributed by atoms with Gasteiger partial charge in [0.05, 0.1) is 24.4 Å². The number of H-pyrrole nitrogens is 1. The maximum atomic E-state index is 11.5. The van der Waals surface area contributed by atoms with Crippen LogP contribution in [0.1, 0.15) is 0 Å². The number of hydrogen-bond acceptors (Lipinski definition) is 5. The lowest BCUT2D eigenvalue weighted by Crippen LogP contribution is -2.37. The van der Waals surface area contributed by atoms with E-state index in [9.17, 15) is 13.0 Å². The molecule has 8 heteroatoms. The minimum atomic E-state index is -4.30. The summed E-state index contributed by atoms with van der Waals surface area (Å²) in [6, 6.07) is 2.93. The molecule has 0 spiro atoms. The van der Waals surface area contributed by atoms with Crippen LogP contribution < -0.4 is 4.90 Å². The summed E-state index contributed by atoms with van der Waals surface area (Å²) in [5.41, 5.74) is 1.56. The Morgan fingerprint density at radius 3 is 2.79 bits per heavy atom. The third-order valence-electron chi connectivity index (χ3n) is 3.08. The van der Waals surface area contributed by atoms with Crippen LogP contribution in [0.2, 0.25) is 0 Å². The largest absolute Gasteiger partial charge is 0.378 e. The first-order valence-corrected chi connectivity index (χ1v) is 7.20. The molecular weight excluding hydrogens is 270 g/mol. The quantitative estimate of drug-likeness (QED) is 0.776. The molecule has 1 aromatic heterocycles. The maximum absolute atomic E-state index is 11.5. The van der Waals surface area contributed by atoms with Gasteiger partial charge in [0.25, 0.3) is 10.1 Å². The summed E-state index contributed by atoms with van der Waals surface area (Å²) in [6.07, 6.45) is 2.59.